The maximum absolute atomic E-state index is 8.83. The number of thiazole rings is 1. The summed E-state index contributed by atoms with van der Waals surface area (Å²) in [6.45, 7) is 0. The van der Waals surface area contributed by atoms with Gasteiger partial charge in [-0.3, -0.25) is 0 Å². The number of hydrogen-bond acceptors (Lipinski definition) is 5. The topological polar surface area (TPSA) is 61.6 Å². The van der Waals surface area contributed by atoms with E-state index in [9.17, 15) is 0 Å². The van der Waals surface area contributed by atoms with Crippen LogP contribution in [-0.4, -0.2) is 17.0 Å². The van der Waals surface area contributed by atoms with Crippen molar-refractivity contribution in [2.75, 3.05) is 12.4 Å². The van der Waals surface area contributed by atoms with Gasteiger partial charge in [0.15, 0.2) is 0 Å². The lowest BCUT2D eigenvalue weighted by Gasteiger charge is -2.03. The lowest BCUT2D eigenvalue weighted by molar-refractivity contribution is 1.25. The molecule has 0 aliphatic carbocycles. The van der Waals surface area contributed by atoms with Gasteiger partial charge in [-0.05, 0) is 12.1 Å². The standard InChI is InChI=1S/C10H8N4S/c1-12-9-7(6-11)2-3-8(14-9)10-13-4-5-15-10/h2-5H,1H3,(H,12,14). The molecule has 0 radical (unpaired) electrons. The van der Waals surface area contributed by atoms with E-state index in [0.717, 1.165) is 10.7 Å². The third-order valence-corrected chi connectivity index (χ3v) is 2.70. The first kappa shape index (κ1) is 9.62. The number of hydrogen-bond donors (Lipinski definition) is 1. The minimum Gasteiger partial charge on any atom is -0.372 e. The molecule has 2 aromatic heterocycles. The lowest BCUT2D eigenvalue weighted by atomic mass is 10.2. The highest BCUT2D eigenvalue weighted by Gasteiger charge is 2.06. The van der Waals surface area contributed by atoms with Gasteiger partial charge in [0.2, 0.25) is 0 Å². The molecule has 2 rings (SSSR count). The molecular weight excluding hydrogens is 208 g/mol. The Balaban J connectivity index is 2.49. The molecule has 0 aliphatic heterocycles. The van der Waals surface area contributed by atoms with Crippen LogP contribution in [0.25, 0.3) is 10.7 Å². The largest absolute Gasteiger partial charge is 0.372 e. The maximum atomic E-state index is 8.83. The third-order valence-electron chi connectivity index (χ3n) is 1.90. The number of nitrogens with zero attached hydrogens (tertiary/aromatic N) is 3. The van der Waals surface area contributed by atoms with Crippen LogP contribution in [0.2, 0.25) is 0 Å². The molecule has 0 aromatic carbocycles. The van der Waals surface area contributed by atoms with E-state index in [4.69, 9.17) is 5.26 Å². The van der Waals surface area contributed by atoms with E-state index in [1.165, 1.54) is 11.3 Å². The molecule has 0 fully saturated rings. The van der Waals surface area contributed by atoms with Crippen LogP contribution in [0.5, 0.6) is 0 Å². The second kappa shape index (κ2) is 4.07. The molecule has 15 heavy (non-hydrogen) atoms. The molecule has 0 saturated heterocycles. The van der Waals surface area contributed by atoms with Crippen molar-refractivity contribution in [3.8, 4) is 16.8 Å². The van der Waals surface area contributed by atoms with Gasteiger partial charge in [0.05, 0.1) is 5.56 Å². The van der Waals surface area contributed by atoms with Crippen molar-refractivity contribution in [1.29, 1.82) is 5.26 Å². The lowest BCUT2D eigenvalue weighted by Crippen LogP contribution is -1.97. The number of anilines is 1. The fourth-order valence-electron chi connectivity index (χ4n) is 1.21. The zero-order valence-electron chi connectivity index (χ0n) is 8.06. The van der Waals surface area contributed by atoms with Gasteiger partial charge in [0.1, 0.15) is 22.6 Å². The molecule has 2 aromatic rings. The SMILES string of the molecule is CNc1nc(-c2nccs2)ccc1C#N. The summed E-state index contributed by atoms with van der Waals surface area (Å²) in [6.07, 6.45) is 1.74. The van der Waals surface area contributed by atoms with Gasteiger partial charge in [0.25, 0.3) is 0 Å². The summed E-state index contributed by atoms with van der Waals surface area (Å²) in [5.74, 6) is 0.588. The third kappa shape index (κ3) is 1.80. The summed E-state index contributed by atoms with van der Waals surface area (Å²) < 4.78 is 0. The number of aromatic nitrogens is 2. The highest BCUT2D eigenvalue weighted by atomic mass is 32.1. The Morgan fingerprint density at radius 1 is 1.47 bits per heavy atom. The van der Waals surface area contributed by atoms with Gasteiger partial charge in [0, 0.05) is 18.6 Å². The van der Waals surface area contributed by atoms with Crippen LogP contribution < -0.4 is 5.32 Å². The Bertz CT molecular complexity index is 499. The minimum absolute atomic E-state index is 0.540. The van der Waals surface area contributed by atoms with Crippen LogP contribution in [0, 0.1) is 11.3 Å². The van der Waals surface area contributed by atoms with Gasteiger partial charge in [-0.1, -0.05) is 0 Å². The van der Waals surface area contributed by atoms with Crippen LogP contribution in [0.1, 0.15) is 5.56 Å². The van der Waals surface area contributed by atoms with E-state index < -0.39 is 0 Å². The number of rotatable bonds is 2. The molecule has 74 valence electrons. The Morgan fingerprint density at radius 2 is 2.33 bits per heavy atom. The minimum atomic E-state index is 0.540. The summed E-state index contributed by atoms with van der Waals surface area (Å²) >= 11 is 1.52. The summed E-state index contributed by atoms with van der Waals surface area (Å²) in [7, 11) is 1.74. The Morgan fingerprint density at radius 3 is 2.93 bits per heavy atom. The van der Waals surface area contributed by atoms with Crippen LogP contribution in [-0.2, 0) is 0 Å². The quantitative estimate of drug-likeness (QED) is 0.835. The van der Waals surface area contributed by atoms with Gasteiger partial charge in [-0.2, -0.15) is 5.26 Å². The summed E-state index contributed by atoms with van der Waals surface area (Å²) in [5, 5.41) is 14.5. The normalized spacial score (nSPS) is 9.60. The molecule has 0 unspecified atom stereocenters. The Kier molecular flexibility index (Phi) is 2.61. The number of nitriles is 1. The van der Waals surface area contributed by atoms with E-state index in [0.29, 0.717) is 11.4 Å². The van der Waals surface area contributed by atoms with Crippen molar-refractivity contribution in [3.05, 3.63) is 29.3 Å². The first-order chi connectivity index (χ1) is 7.35. The number of pyridine rings is 1. The fraction of sp³-hybridized carbons (Fsp3) is 0.100. The van der Waals surface area contributed by atoms with Gasteiger partial charge in [-0.25, -0.2) is 9.97 Å². The van der Waals surface area contributed by atoms with Crippen molar-refractivity contribution in [3.63, 3.8) is 0 Å². The van der Waals surface area contributed by atoms with E-state index >= 15 is 0 Å². The highest BCUT2D eigenvalue weighted by molar-refractivity contribution is 7.13. The average Bonchev–Trinajstić information content (AvgIpc) is 2.81. The van der Waals surface area contributed by atoms with Crippen molar-refractivity contribution in [2.45, 2.75) is 0 Å². The zero-order chi connectivity index (χ0) is 10.7. The van der Waals surface area contributed by atoms with Crippen molar-refractivity contribution in [1.82, 2.24) is 9.97 Å². The molecular formula is C10H8N4S. The van der Waals surface area contributed by atoms with Crippen molar-refractivity contribution in [2.24, 2.45) is 0 Å². The molecule has 2 heterocycles. The second-order valence-electron chi connectivity index (χ2n) is 2.79. The Labute approximate surface area is 91.2 Å². The van der Waals surface area contributed by atoms with Crippen LogP contribution in [0.4, 0.5) is 5.82 Å². The Hall–Kier alpha value is -1.93. The zero-order valence-corrected chi connectivity index (χ0v) is 8.88. The number of nitrogens with one attached hydrogen (secondary N) is 1. The van der Waals surface area contributed by atoms with E-state index in [1.54, 1.807) is 25.4 Å². The van der Waals surface area contributed by atoms with Crippen molar-refractivity contribution < 1.29 is 0 Å². The fourth-order valence-corrected chi connectivity index (χ4v) is 1.82. The van der Waals surface area contributed by atoms with Gasteiger partial charge in [-0.15, -0.1) is 11.3 Å². The van der Waals surface area contributed by atoms with Gasteiger partial charge >= 0.3 is 0 Å². The highest BCUT2D eigenvalue weighted by Crippen LogP contribution is 2.22. The summed E-state index contributed by atoms with van der Waals surface area (Å²) in [5.41, 5.74) is 1.33. The molecule has 0 bridgehead atoms. The van der Waals surface area contributed by atoms with Crippen molar-refractivity contribution >= 4 is 17.2 Å². The van der Waals surface area contributed by atoms with E-state index in [2.05, 4.69) is 21.4 Å². The summed E-state index contributed by atoms with van der Waals surface area (Å²) in [6, 6.07) is 5.63. The average molecular weight is 216 g/mol. The predicted molar refractivity (Wildman–Crippen MR) is 59.6 cm³/mol. The second-order valence-corrected chi connectivity index (χ2v) is 3.69. The molecule has 1 N–H and O–H groups in total. The van der Waals surface area contributed by atoms with Crippen LogP contribution in [0.3, 0.4) is 0 Å². The first-order valence-electron chi connectivity index (χ1n) is 4.34. The molecule has 0 aliphatic rings. The van der Waals surface area contributed by atoms with Gasteiger partial charge < -0.3 is 5.32 Å². The smallest absolute Gasteiger partial charge is 0.144 e. The molecule has 0 saturated carbocycles. The molecule has 0 atom stereocenters. The first-order valence-corrected chi connectivity index (χ1v) is 5.22. The monoisotopic (exact) mass is 216 g/mol. The van der Waals surface area contributed by atoms with Crippen LogP contribution in [0.15, 0.2) is 23.7 Å². The molecule has 5 heteroatoms. The van der Waals surface area contributed by atoms with E-state index in [1.807, 2.05) is 5.38 Å². The molecule has 0 amide bonds. The predicted octanol–water partition coefficient (Wildman–Crippen LogP) is 2.12. The maximum Gasteiger partial charge on any atom is 0.144 e. The molecule has 0 spiro atoms. The van der Waals surface area contributed by atoms with E-state index in [-0.39, 0.29) is 0 Å². The van der Waals surface area contributed by atoms with Crippen LogP contribution >= 0.6 is 11.3 Å². The summed E-state index contributed by atoms with van der Waals surface area (Å²) in [4.78, 5) is 8.48. The molecule has 4 nitrogen and oxygen atoms in total.